The van der Waals surface area contributed by atoms with Crippen molar-refractivity contribution in [3.05, 3.63) is 68.8 Å². The first-order valence-electron chi connectivity index (χ1n) is 9.53. The van der Waals surface area contributed by atoms with Gasteiger partial charge in [0, 0.05) is 32.8 Å². The average molecular weight is 534 g/mol. The molecule has 6 nitrogen and oxygen atoms in total. The molecule has 0 saturated carbocycles. The number of anilines is 1. The molecule has 156 valence electrons. The Labute approximate surface area is 195 Å². The number of rotatable bonds is 5. The Balaban J connectivity index is 1.92. The Morgan fingerprint density at radius 2 is 1.90 bits per heavy atom. The molecule has 0 amide bonds. The van der Waals surface area contributed by atoms with Gasteiger partial charge in [0.15, 0.2) is 5.11 Å². The maximum atomic E-state index is 5.83. The van der Waals surface area contributed by atoms with Crippen LogP contribution < -0.4 is 19.7 Å². The Bertz CT molecular complexity index is 1090. The van der Waals surface area contributed by atoms with Crippen LogP contribution in [0.1, 0.15) is 34.7 Å². The molecule has 4 rings (SSSR count). The zero-order valence-electron chi connectivity index (χ0n) is 17.2. The molecule has 1 aromatic carbocycles. The average Bonchev–Trinajstić information content (AvgIpc) is 3.22. The van der Waals surface area contributed by atoms with Gasteiger partial charge in [-0.2, -0.15) is 0 Å². The highest BCUT2D eigenvalue weighted by Gasteiger charge is 2.43. The molecule has 0 radical (unpaired) electrons. The summed E-state index contributed by atoms with van der Waals surface area (Å²) in [5.74, 6) is 1.43. The number of nitrogens with zero attached hydrogens (tertiary/aromatic N) is 2. The van der Waals surface area contributed by atoms with Gasteiger partial charge < -0.3 is 24.7 Å². The summed E-state index contributed by atoms with van der Waals surface area (Å²) in [6, 6.07) is 11.5. The molecule has 0 unspecified atom stereocenters. The summed E-state index contributed by atoms with van der Waals surface area (Å²) in [4.78, 5) is 10.2. The Hall–Kier alpha value is -2.33. The van der Waals surface area contributed by atoms with Gasteiger partial charge in [-0.05, 0) is 72.9 Å². The number of hydrogen-bond donors (Lipinski definition) is 2. The lowest BCUT2D eigenvalue weighted by Crippen LogP contribution is -2.30. The van der Waals surface area contributed by atoms with Crippen LogP contribution in [0.2, 0.25) is 0 Å². The number of thiocarbonyl (C=S) groups is 1. The summed E-state index contributed by atoms with van der Waals surface area (Å²) < 4.78 is 12.3. The molecule has 0 spiro atoms. The summed E-state index contributed by atoms with van der Waals surface area (Å²) in [7, 11) is 3.30. The molecule has 1 aliphatic rings. The van der Waals surface area contributed by atoms with E-state index in [1.165, 1.54) is 9.13 Å². The fourth-order valence-corrected chi connectivity index (χ4v) is 5.21. The number of aromatic nitrogens is 2. The minimum Gasteiger partial charge on any atom is -0.497 e. The van der Waals surface area contributed by atoms with E-state index in [9.17, 15) is 0 Å². The number of benzene rings is 1. The van der Waals surface area contributed by atoms with Crippen LogP contribution in [0.25, 0.3) is 0 Å². The van der Waals surface area contributed by atoms with Crippen molar-refractivity contribution in [3.8, 4) is 11.5 Å². The van der Waals surface area contributed by atoms with Crippen LogP contribution in [-0.2, 0) is 0 Å². The first-order valence-corrected chi connectivity index (χ1v) is 11.0. The van der Waals surface area contributed by atoms with Gasteiger partial charge in [0.2, 0.25) is 0 Å². The molecule has 8 heteroatoms. The van der Waals surface area contributed by atoms with E-state index in [-0.39, 0.29) is 12.1 Å². The quantitative estimate of drug-likeness (QED) is 0.362. The molecule has 30 heavy (non-hydrogen) atoms. The molecular formula is C22H23IN4O2S. The van der Waals surface area contributed by atoms with Gasteiger partial charge in [-0.15, -0.1) is 0 Å². The number of aryl methyl sites for hydroxylation is 2. The minimum atomic E-state index is -0.104. The van der Waals surface area contributed by atoms with Crippen molar-refractivity contribution in [1.82, 2.24) is 15.3 Å². The van der Waals surface area contributed by atoms with Crippen molar-refractivity contribution in [2.45, 2.75) is 25.9 Å². The van der Waals surface area contributed by atoms with Crippen LogP contribution in [0.3, 0.4) is 0 Å². The first-order chi connectivity index (χ1) is 14.5. The molecule has 2 aromatic heterocycles. The minimum absolute atomic E-state index is 0.0912. The van der Waals surface area contributed by atoms with Crippen LogP contribution in [-0.4, -0.2) is 29.3 Å². The van der Waals surface area contributed by atoms with Crippen molar-refractivity contribution in [2.75, 3.05) is 19.1 Å². The van der Waals surface area contributed by atoms with E-state index >= 15 is 0 Å². The third-order valence-corrected chi connectivity index (χ3v) is 7.09. The summed E-state index contributed by atoms with van der Waals surface area (Å²) in [5, 5.41) is 4.13. The molecule has 2 atom stereocenters. The number of aromatic amines is 1. The van der Waals surface area contributed by atoms with E-state index in [4.69, 9.17) is 21.7 Å². The van der Waals surface area contributed by atoms with Gasteiger partial charge in [-0.1, -0.05) is 6.07 Å². The van der Waals surface area contributed by atoms with Crippen molar-refractivity contribution in [1.29, 1.82) is 0 Å². The second-order valence-corrected chi connectivity index (χ2v) is 8.60. The SMILES string of the molecule is COc1ccc(N2C(=S)N[C@H](c3ccccn3)[C@H]2c2c(C)[nH]c(C)c2I)c(OC)c1. The molecule has 0 aliphatic carbocycles. The van der Waals surface area contributed by atoms with Gasteiger partial charge in [-0.25, -0.2) is 0 Å². The largest absolute Gasteiger partial charge is 0.497 e. The first kappa shape index (κ1) is 20.9. The maximum absolute atomic E-state index is 5.83. The Morgan fingerprint density at radius 3 is 2.50 bits per heavy atom. The molecule has 2 N–H and O–H groups in total. The molecule has 3 heterocycles. The molecule has 3 aromatic rings. The molecule has 0 bridgehead atoms. The Morgan fingerprint density at radius 1 is 1.10 bits per heavy atom. The maximum Gasteiger partial charge on any atom is 0.174 e. The van der Waals surface area contributed by atoms with Crippen molar-refractivity contribution >= 4 is 45.6 Å². The zero-order valence-corrected chi connectivity index (χ0v) is 20.2. The second kappa shape index (κ2) is 8.43. The zero-order chi connectivity index (χ0) is 21.4. The lowest BCUT2D eigenvalue weighted by atomic mass is 9.96. The predicted octanol–water partition coefficient (Wildman–Crippen LogP) is 4.83. The number of H-pyrrole nitrogens is 1. The van der Waals surface area contributed by atoms with E-state index in [2.05, 4.69) is 56.6 Å². The fourth-order valence-electron chi connectivity index (χ4n) is 4.01. The highest BCUT2D eigenvalue weighted by molar-refractivity contribution is 14.1. The van der Waals surface area contributed by atoms with Gasteiger partial charge >= 0.3 is 0 Å². The third-order valence-electron chi connectivity index (χ3n) is 5.39. The van der Waals surface area contributed by atoms with Gasteiger partial charge in [-0.3, -0.25) is 4.98 Å². The van der Waals surface area contributed by atoms with Crippen LogP contribution >= 0.6 is 34.8 Å². The van der Waals surface area contributed by atoms with Gasteiger partial charge in [0.1, 0.15) is 11.5 Å². The normalized spacial score (nSPS) is 18.4. The molecule has 1 saturated heterocycles. The van der Waals surface area contributed by atoms with Crippen LogP contribution in [0, 0.1) is 17.4 Å². The number of pyridine rings is 1. The molecular weight excluding hydrogens is 511 g/mol. The lowest BCUT2D eigenvalue weighted by Gasteiger charge is -2.29. The highest BCUT2D eigenvalue weighted by atomic mass is 127. The van der Waals surface area contributed by atoms with Crippen molar-refractivity contribution < 1.29 is 9.47 Å². The van der Waals surface area contributed by atoms with Crippen LogP contribution in [0.4, 0.5) is 5.69 Å². The Kier molecular flexibility index (Phi) is 5.88. The van der Waals surface area contributed by atoms with E-state index in [0.29, 0.717) is 10.9 Å². The highest BCUT2D eigenvalue weighted by Crippen LogP contribution is 2.47. The number of halogens is 1. The predicted molar refractivity (Wildman–Crippen MR) is 130 cm³/mol. The fraction of sp³-hybridized carbons (Fsp3) is 0.273. The summed E-state index contributed by atoms with van der Waals surface area (Å²) in [6.45, 7) is 4.19. The summed E-state index contributed by atoms with van der Waals surface area (Å²) in [5.41, 5.74) is 5.28. The lowest BCUT2D eigenvalue weighted by molar-refractivity contribution is 0.394. The molecule has 1 aliphatic heterocycles. The number of hydrogen-bond acceptors (Lipinski definition) is 4. The summed E-state index contributed by atoms with van der Waals surface area (Å²) >= 11 is 8.24. The van der Waals surface area contributed by atoms with Gasteiger partial charge in [0.05, 0.1) is 37.7 Å². The van der Waals surface area contributed by atoms with Crippen LogP contribution in [0.5, 0.6) is 11.5 Å². The monoisotopic (exact) mass is 534 g/mol. The molecule has 1 fully saturated rings. The van der Waals surface area contributed by atoms with E-state index < -0.39 is 0 Å². The second-order valence-electron chi connectivity index (χ2n) is 7.14. The van der Waals surface area contributed by atoms with Crippen molar-refractivity contribution in [2.24, 2.45) is 0 Å². The standard InChI is InChI=1S/C22H23IN4O2S/c1-12-18(19(23)13(2)25-12)21-20(15-7-5-6-10-24-15)26-22(30)27(21)16-9-8-14(28-3)11-17(16)29-4/h5-11,20-21,25H,1-4H3,(H,26,30)/t20-,21-/m1/s1. The number of nitrogens with one attached hydrogen (secondary N) is 2. The third kappa shape index (κ3) is 3.51. The smallest absolute Gasteiger partial charge is 0.174 e. The topological polar surface area (TPSA) is 62.4 Å². The van der Waals surface area contributed by atoms with E-state index in [0.717, 1.165) is 28.5 Å². The van der Waals surface area contributed by atoms with Crippen LogP contribution in [0.15, 0.2) is 42.6 Å². The van der Waals surface area contributed by atoms with Gasteiger partial charge in [0.25, 0.3) is 0 Å². The summed E-state index contributed by atoms with van der Waals surface area (Å²) in [6.07, 6.45) is 1.81. The van der Waals surface area contributed by atoms with Crippen molar-refractivity contribution in [3.63, 3.8) is 0 Å². The number of ether oxygens (including phenoxy) is 2. The number of methoxy groups -OCH3 is 2. The van der Waals surface area contributed by atoms with E-state index in [1.54, 1.807) is 14.2 Å². The van der Waals surface area contributed by atoms with E-state index in [1.807, 2.05) is 42.6 Å².